The number of carbonyl (C=O) groups excluding carboxylic acids is 2. The minimum atomic E-state index is -0.487. The Kier molecular flexibility index (Phi) is 5.21. The molecule has 4 rings (SSSR count). The van der Waals surface area contributed by atoms with Crippen molar-refractivity contribution in [2.45, 2.75) is 13.0 Å². The van der Waals surface area contributed by atoms with Crippen LogP contribution >= 0.6 is 15.9 Å². The fraction of sp³-hybridized carbons (Fsp3) is 0.300. The highest BCUT2D eigenvalue weighted by atomic mass is 79.9. The van der Waals surface area contributed by atoms with Crippen LogP contribution in [-0.2, 0) is 16.1 Å². The fourth-order valence-corrected chi connectivity index (χ4v) is 3.66. The highest BCUT2D eigenvalue weighted by Gasteiger charge is 2.35. The van der Waals surface area contributed by atoms with Crippen molar-refractivity contribution < 1.29 is 23.5 Å². The zero-order valence-corrected chi connectivity index (χ0v) is 16.5. The van der Waals surface area contributed by atoms with E-state index in [4.69, 9.17) is 9.47 Å². The van der Waals surface area contributed by atoms with E-state index in [0.29, 0.717) is 40.4 Å². The number of anilines is 1. The third-order valence-electron chi connectivity index (χ3n) is 4.80. The van der Waals surface area contributed by atoms with Gasteiger partial charge in [0.2, 0.25) is 11.8 Å². The minimum absolute atomic E-state index is 0.0761. The van der Waals surface area contributed by atoms with Gasteiger partial charge in [0.05, 0.1) is 5.92 Å². The third-order valence-corrected chi connectivity index (χ3v) is 5.29. The van der Waals surface area contributed by atoms with Gasteiger partial charge in [-0.05, 0) is 24.3 Å². The second-order valence-corrected chi connectivity index (χ2v) is 7.60. The lowest BCUT2D eigenvalue weighted by atomic mass is 10.1. The standard InChI is InChI=1S/C20H18BrFN2O4/c21-14-2-1-12(16(22)8-14)10-23-20(26)13-7-19(25)24(11-13)15-3-4-17-18(9-15)28-6-5-27-17/h1-4,8-9,13H,5-7,10-11H2,(H,23,26). The van der Waals surface area contributed by atoms with Gasteiger partial charge in [0, 0.05) is 41.3 Å². The van der Waals surface area contributed by atoms with Crippen LogP contribution in [0.15, 0.2) is 40.9 Å². The number of benzene rings is 2. The van der Waals surface area contributed by atoms with E-state index in [1.165, 1.54) is 6.07 Å². The number of nitrogens with zero attached hydrogens (tertiary/aromatic N) is 1. The van der Waals surface area contributed by atoms with E-state index in [9.17, 15) is 14.0 Å². The number of hydrogen-bond donors (Lipinski definition) is 1. The van der Waals surface area contributed by atoms with E-state index in [2.05, 4.69) is 21.2 Å². The number of amides is 2. The number of nitrogens with one attached hydrogen (secondary N) is 1. The molecule has 0 radical (unpaired) electrons. The molecule has 0 aliphatic carbocycles. The molecule has 1 fully saturated rings. The molecule has 0 saturated carbocycles. The first kappa shape index (κ1) is 18.7. The van der Waals surface area contributed by atoms with Gasteiger partial charge in [-0.3, -0.25) is 9.59 Å². The summed E-state index contributed by atoms with van der Waals surface area (Å²) in [5.74, 6) is -0.0423. The van der Waals surface area contributed by atoms with Gasteiger partial charge >= 0.3 is 0 Å². The largest absolute Gasteiger partial charge is 0.486 e. The van der Waals surface area contributed by atoms with Crippen LogP contribution in [0, 0.1) is 11.7 Å². The minimum Gasteiger partial charge on any atom is -0.486 e. The lowest BCUT2D eigenvalue weighted by molar-refractivity contribution is -0.126. The van der Waals surface area contributed by atoms with Gasteiger partial charge in [0.15, 0.2) is 11.5 Å². The highest BCUT2D eigenvalue weighted by molar-refractivity contribution is 9.10. The molecule has 2 aromatic rings. The van der Waals surface area contributed by atoms with Crippen molar-refractivity contribution in [3.05, 3.63) is 52.3 Å². The Morgan fingerprint density at radius 1 is 1.18 bits per heavy atom. The predicted molar refractivity (Wildman–Crippen MR) is 104 cm³/mol. The molecule has 2 aromatic carbocycles. The number of carbonyl (C=O) groups is 2. The van der Waals surface area contributed by atoms with Gasteiger partial charge < -0.3 is 19.7 Å². The molecular formula is C20H18BrFN2O4. The second-order valence-electron chi connectivity index (χ2n) is 6.69. The Morgan fingerprint density at radius 2 is 1.96 bits per heavy atom. The quantitative estimate of drug-likeness (QED) is 0.780. The first-order valence-corrected chi connectivity index (χ1v) is 9.72. The first-order chi connectivity index (χ1) is 13.5. The van der Waals surface area contributed by atoms with Crippen molar-refractivity contribution in [1.82, 2.24) is 5.32 Å². The van der Waals surface area contributed by atoms with E-state index in [1.54, 1.807) is 35.2 Å². The smallest absolute Gasteiger partial charge is 0.227 e. The first-order valence-electron chi connectivity index (χ1n) is 8.93. The van der Waals surface area contributed by atoms with Crippen molar-refractivity contribution in [1.29, 1.82) is 0 Å². The molecule has 0 spiro atoms. The van der Waals surface area contributed by atoms with Gasteiger partial charge in [-0.1, -0.05) is 22.0 Å². The van der Waals surface area contributed by atoms with Crippen LogP contribution in [0.4, 0.5) is 10.1 Å². The Morgan fingerprint density at radius 3 is 2.75 bits per heavy atom. The van der Waals surface area contributed by atoms with Crippen LogP contribution in [0.2, 0.25) is 0 Å². The van der Waals surface area contributed by atoms with Gasteiger partial charge in [0.1, 0.15) is 19.0 Å². The monoisotopic (exact) mass is 448 g/mol. The maximum Gasteiger partial charge on any atom is 0.227 e. The summed E-state index contributed by atoms with van der Waals surface area (Å²) in [6, 6.07) is 9.98. The van der Waals surface area contributed by atoms with Crippen molar-refractivity contribution in [2.24, 2.45) is 5.92 Å². The summed E-state index contributed by atoms with van der Waals surface area (Å²) in [6.07, 6.45) is 0.114. The number of halogens is 2. The summed E-state index contributed by atoms with van der Waals surface area (Å²) in [5.41, 5.74) is 1.06. The number of hydrogen-bond acceptors (Lipinski definition) is 4. The summed E-state index contributed by atoms with van der Waals surface area (Å²) < 4.78 is 25.6. The molecule has 28 heavy (non-hydrogen) atoms. The SMILES string of the molecule is O=C(NCc1ccc(Br)cc1F)C1CC(=O)N(c2ccc3c(c2)OCCO3)C1. The van der Waals surface area contributed by atoms with Crippen LogP contribution in [0.3, 0.4) is 0 Å². The molecule has 1 saturated heterocycles. The molecular weight excluding hydrogens is 431 g/mol. The molecule has 1 N–H and O–H groups in total. The molecule has 8 heteroatoms. The molecule has 2 aliphatic heterocycles. The van der Waals surface area contributed by atoms with Crippen molar-refractivity contribution in [2.75, 3.05) is 24.7 Å². The summed E-state index contributed by atoms with van der Waals surface area (Å²) in [5, 5.41) is 2.73. The molecule has 146 valence electrons. The molecule has 2 heterocycles. The van der Waals surface area contributed by atoms with Crippen LogP contribution in [-0.4, -0.2) is 31.6 Å². The average Bonchev–Trinajstić information content (AvgIpc) is 3.08. The maximum absolute atomic E-state index is 13.9. The van der Waals surface area contributed by atoms with Crippen molar-refractivity contribution >= 4 is 33.4 Å². The summed E-state index contributed by atoms with van der Waals surface area (Å²) in [4.78, 5) is 26.5. The van der Waals surface area contributed by atoms with Crippen molar-refractivity contribution in [3.63, 3.8) is 0 Å². The van der Waals surface area contributed by atoms with E-state index in [-0.39, 0.29) is 31.3 Å². The van der Waals surface area contributed by atoms with Crippen LogP contribution in [0.1, 0.15) is 12.0 Å². The summed E-state index contributed by atoms with van der Waals surface area (Å²) in [6.45, 7) is 1.30. The summed E-state index contributed by atoms with van der Waals surface area (Å²) >= 11 is 3.20. The lowest BCUT2D eigenvalue weighted by Crippen LogP contribution is -2.32. The summed E-state index contributed by atoms with van der Waals surface area (Å²) in [7, 11) is 0. The molecule has 1 atom stereocenters. The Labute approximate surface area is 169 Å². The topological polar surface area (TPSA) is 67.9 Å². The van der Waals surface area contributed by atoms with Gasteiger partial charge in [-0.25, -0.2) is 4.39 Å². The number of rotatable bonds is 4. The van der Waals surface area contributed by atoms with Gasteiger partial charge in [-0.15, -0.1) is 0 Å². The highest BCUT2D eigenvalue weighted by Crippen LogP contribution is 2.36. The van der Waals surface area contributed by atoms with Crippen LogP contribution in [0.5, 0.6) is 11.5 Å². The van der Waals surface area contributed by atoms with E-state index >= 15 is 0 Å². The Hall–Kier alpha value is -2.61. The molecule has 0 aromatic heterocycles. The van der Waals surface area contributed by atoms with E-state index in [1.807, 2.05) is 0 Å². The third kappa shape index (κ3) is 3.82. The normalized spacial score (nSPS) is 18.3. The van der Waals surface area contributed by atoms with Gasteiger partial charge in [0.25, 0.3) is 0 Å². The predicted octanol–water partition coefficient (Wildman–Crippen LogP) is 3.03. The average molecular weight is 449 g/mol. The molecule has 2 aliphatic rings. The number of ether oxygens (including phenoxy) is 2. The lowest BCUT2D eigenvalue weighted by Gasteiger charge is -2.22. The zero-order valence-electron chi connectivity index (χ0n) is 14.9. The van der Waals surface area contributed by atoms with E-state index < -0.39 is 11.7 Å². The fourth-order valence-electron chi connectivity index (χ4n) is 3.32. The zero-order chi connectivity index (χ0) is 19.7. The van der Waals surface area contributed by atoms with Crippen LogP contribution < -0.4 is 19.7 Å². The maximum atomic E-state index is 13.9. The van der Waals surface area contributed by atoms with Crippen LogP contribution in [0.25, 0.3) is 0 Å². The second kappa shape index (κ2) is 7.79. The van der Waals surface area contributed by atoms with Crippen molar-refractivity contribution in [3.8, 4) is 11.5 Å². The molecule has 1 unspecified atom stereocenters. The van der Waals surface area contributed by atoms with E-state index in [0.717, 1.165) is 0 Å². The molecule has 2 amide bonds. The Bertz CT molecular complexity index is 936. The Balaban J connectivity index is 1.40. The number of fused-ring (bicyclic) bond motifs is 1. The molecule has 6 nitrogen and oxygen atoms in total. The molecule has 0 bridgehead atoms. The van der Waals surface area contributed by atoms with Gasteiger partial charge in [-0.2, -0.15) is 0 Å².